The molecule has 1 aromatic rings. The fourth-order valence-electron chi connectivity index (χ4n) is 1.28. The van der Waals surface area contributed by atoms with Gasteiger partial charge in [-0.25, -0.2) is 4.39 Å². The maximum atomic E-state index is 13.2. The van der Waals surface area contributed by atoms with Crippen molar-refractivity contribution in [3.05, 3.63) is 29.6 Å². The van der Waals surface area contributed by atoms with Crippen LogP contribution in [-0.2, 0) is 0 Å². The molecule has 0 radical (unpaired) electrons. The van der Waals surface area contributed by atoms with Crippen molar-refractivity contribution in [2.24, 2.45) is 0 Å². The Kier molecular flexibility index (Phi) is 4.02. The molecule has 4 nitrogen and oxygen atoms in total. The van der Waals surface area contributed by atoms with E-state index in [1.807, 2.05) is 0 Å². The van der Waals surface area contributed by atoms with Gasteiger partial charge >= 0.3 is 0 Å². The highest BCUT2D eigenvalue weighted by atomic mass is 19.1. The lowest BCUT2D eigenvalue weighted by molar-refractivity contribution is 0.0181. The quantitative estimate of drug-likeness (QED) is 0.576. The topological polar surface area (TPSA) is 72.7 Å². The van der Waals surface area contributed by atoms with Crippen LogP contribution in [0.5, 0.6) is 5.75 Å². The summed E-state index contributed by atoms with van der Waals surface area (Å²) in [4.78, 5) is 0. The predicted octanol–water partition coefficient (Wildman–Crippen LogP) is 0.145. The molecule has 2 atom stereocenters. The van der Waals surface area contributed by atoms with Crippen molar-refractivity contribution in [2.75, 3.05) is 13.6 Å². The van der Waals surface area contributed by atoms with Crippen LogP contribution in [0.1, 0.15) is 11.7 Å². The van der Waals surface area contributed by atoms with Gasteiger partial charge in [0.05, 0.1) is 6.10 Å². The SMILES string of the molecule is CNCC(O)C(O)c1ccc(O)cc1F. The fraction of sp³-hybridized carbons (Fsp3) is 0.400. The third-order valence-corrected chi connectivity index (χ3v) is 2.08. The second-order valence-electron chi connectivity index (χ2n) is 3.28. The Balaban J connectivity index is 2.86. The van der Waals surface area contributed by atoms with Gasteiger partial charge in [-0.1, -0.05) is 0 Å². The van der Waals surface area contributed by atoms with Gasteiger partial charge in [0.15, 0.2) is 0 Å². The summed E-state index contributed by atoms with van der Waals surface area (Å²) in [5.41, 5.74) is -0.0319. The molecule has 5 heteroatoms. The van der Waals surface area contributed by atoms with Gasteiger partial charge in [0.25, 0.3) is 0 Å². The van der Waals surface area contributed by atoms with Crippen molar-refractivity contribution >= 4 is 0 Å². The summed E-state index contributed by atoms with van der Waals surface area (Å²) < 4.78 is 13.2. The zero-order valence-corrected chi connectivity index (χ0v) is 8.31. The van der Waals surface area contributed by atoms with Crippen LogP contribution in [0.4, 0.5) is 4.39 Å². The number of hydrogen-bond donors (Lipinski definition) is 4. The van der Waals surface area contributed by atoms with E-state index in [-0.39, 0.29) is 17.9 Å². The smallest absolute Gasteiger partial charge is 0.132 e. The monoisotopic (exact) mass is 215 g/mol. The molecule has 4 N–H and O–H groups in total. The maximum absolute atomic E-state index is 13.2. The molecule has 0 bridgehead atoms. The second kappa shape index (κ2) is 5.06. The van der Waals surface area contributed by atoms with E-state index in [4.69, 9.17) is 5.11 Å². The second-order valence-corrected chi connectivity index (χ2v) is 3.28. The minimum atomic E-state index is -1.31. The van der Waals surface area contributed by atoms with Crippen LogP contribution >= 0.6 is 0 Å². The third-order valence-electron chi connectivity index (χ3n) is 2.08. The summed E-state index contributed by atoms with van der Waals surface area (Å²) in [6, 6.07) is 3.40. The molecule has 0 aromatic heterocycles. The van der Waals surface area contributed by atoms with E-state index >= 15 is 0 Å². The van der Waals surface area contributed by atoms with Crippen molar-refractivity contribution < 1.29 is 19.7 Å². The minimum absolute atomic E-state index is 0.0319. The Bertz CT molecular complexity index is 332. The number of phenolic OH excluding ortho intramolecular Hbond substituents is 1. The molecule has 0 aliphatic rings. The summed E-state index contributed by atoms with van der Waals surface area (Å²) in [5.74, 6) is -0.954. The largest absolute Gasteiger partial charge is 0.508 e. The lowest BCUT2D eigenvalue weighted by Crippen LogP contribution is -2.30. The Hall–Kier alpha value is -1.17. The molecule has 0 saturated carbocycles. The molecule has 0 amide bonds. The van der Waals surface area contributed by atoms with Gasteiger partial charge in [-0.3, -0.25) is 0 Å². The fourth-order valence-corrected chi connectivity index (χ4v) is 1.28. The number of benzene rings is 1. The molecule has 1 aromatic carbocycles. The first-order valence-electron chi connectivity index (χ1n) is 4.55. The first-order valence-corrected chi connectivity index (χ1v) is 4.55. The standard InChI is InChI=1S/C10H14FNO3/c1-12-5-9(14)10(15)7-3-2-6(13)4-8(7)11/h2-4,9-10,12-15H,5H2,1H3. The molecule has 0 saturated heterocycles. The Morgan fingerprint density at radius 3 is 2.60 bits per heavy atom. The molecule has 15 heavy (non-hydrogen) atoms. The minimum Gasteiger partial charge on any atom is -0.508 e. The first-order chi connectivity index (χ1) is 7.06. The number of nitrogens with one attached hydrogen (secondary N) is 1. The van der Waals surface area contributed by atoms with E-state index in [1.54, 1.807) is 7.05 Å². The summed E-state index contributed by atoms with van der Waals surface area (Å²) in [7, 11) is 1.61. The summed E-state index contributed by atoms with van der Waals surface area (Å²) in [5, 5.41) is 30.6. The molecular formula is C10H14FNO3. The molecule has 84 valence electrons. The van der Waals surface area contributed by atoms with Crippen LogP contribution < -0.4 is 5.32 Å². The maximum Gasteiger partial charge on any atom is 0.132 e. The van der Waals surface area contributed by atoms with Gasteiger partial charge in [0, 0.05) is 18.2 Å². The van der Waals surface area contributed by atoms with Crippen molar-refractivity contribution in [3.63, 3.8) is 0 Å². The normalized spacial score (nSPS) is 14.9. The predicted molar refractivity (Wildman–Crippen MR) is 53.0 cm³/mol. The molecule has 0 aliphatic carbocycles. The van der Waals surface area contributed by atoms with Gasteiger partial charge < -0.3 is 20.6 Å². The van der Waals surface area contributed by atoms with Crippen LogP contribution in [-0.4, -0.2) is 35.0 Å². The van der Waals surface area contributed by atoms with Gasteiger partial charge in [-0.05, 0) is 19.2 Å². The summed E-state index contributed by atoms with van der Waals surface area (Å²) in [6.45, 7) is 0.154. The van der Waals surface area contributed by atoms with Crippen LogP contribution in [0.15, 0.2) is 18.2 Å². The van der Waals surface area contributed by atoms with Crippen molar-refractivity contribution in [2.45, 2.75) is 12.2 Å². The van der Waals surface area contributed by atoms with Crippen molar-refractivity contribution in [3.8, 4) is 5.75 Å². The van der Waals surface area contributed by atoms with Crippen molar-refractivity contribution in [1.29, 1.82) is 0 Å². The molecule has 0 heterocycles. The highest BCUT2D eigenvalue weighted by Gasteiger charge is 2.20. The Morgan fingerprint density at radius 2 is 2.07 bits per heavy atom. The number of aromatic hydroxyl groups is 1. The zero-order valence-electron chi connectivity index (χ0n) is 8.31. The zero-order chi connectivity index (χ0) is 11.4. The summed E-state index contributed by atoms with van der Waals surface area (Å²) in [6.07, 6.45) is -2.40. The number of aliphatic hydroxyl groups is 2. The molecule has 1 rings (SSSR count). The van der Waals surface area contributed by atoms with Crippen LogP contribution in [0, 0.1) is 5.82 Å². The van der Waals surface area contributed by atoms with Gasteiger partial charge in [-0.2, -0.15) is 0 Å². The highest BCUT2D eigenvalue weighted by molar-refractivity contribution is 5.29. The van der Waals surface area contributed by atoms with Crippen LogP contribution in [0.3, 0.4) is 0 Å². The number of likely N-dealkylation sites (N-methyl/N-ethyl adjacent to an activating group) is 1. The highest BCUT2D eigenvalue weighted by Crippen LogP contribution is 2.23. The van der Waals surface area contributed by atoms with Gasteiger partial charge in [-0.15, -0.1) is 0 Å². The average molecular weight is 215 g/mol. The number of hydrogen-bond acceptors (Lipinski definition) is 4. The van der Waals surface area contributed by atoms with E-state index in [2.05, 4.69) is 5.32 Å². The Labute approximate surface area is 87.0 Å². The van der Waals surface area contributed by atoms with E-state index in [0.717, 1.165) is 6.07 Å². The van der Waals surface area contributed by atoms with E-state index < -0.39 is 18.0 Å². The van der Waals surface area contributed by atoms with Gasteiger partial charge in [0.2, 0.25) is 0 Å². The van der Waals surface area contributed by atoms with Crippen LogP contribution in [0.25, 0.3) is 0 Å². The van der Waals surface area contributed by atoms with E-state index in [1.165, 1.54) is 12.1 Å². The molecule has 0 fully saturated rings. The number of phenols is 1. The van der Waals surface area contributed by atoms with Gasteiger partial charge in [0.1, 0.15) is 17.7 Å². The van der Waals surface area contributed by atoms with E-state index in [9.17, 15) is 14.6 Å². The molecule has 0 aliphatic heterocycles. The van der Waals surface area contributed by atoms with Crippen molar-refractivity contribution in [1.82, 2.24) is 5.32 Å². The Morgan fingerprint density at radius 1 is 1.40 bits per heavy atom. The summed E-state index contributed by atoms with van der Waals surface area (Å²) >= 11 is 0. The molecule has 0 spiro atoms. The van der Waals surface area contributed by atoms with E-state index in [0.29, 0.717) is 0 Å². The third kappa shape index (κ3) is 2.89. The average Bonchev–Trinajstić information content (AvgIpc) is 2.17. The first kappa shape index (κ1) is 11.9. The lowest BCUT2D eigenvalue weighted by Gasteiger charge is -2.18. The lowest BCUT2D eigenvalue weighted by atomic mass is 10.0. The number of halogens is 1. The molecule has 2 unspecified atom stereocenters. The number of rotatable bonds is 4. The molecular weight excluding hydrogens is 201 g/mol. The number of aliphatic hydroxyl groups excluding tert-OH is 2. The van der Waals surface area contributed by atoms with Crippen LogP contribution in [0.2, 0.25) is 0 Å².